The normalized spacial score (nSPS) is 12.8. The highest BCUT2D eigenvalue weighted by atomic mass is 16.3. The Labute approximate surface area is 55.2 Å². The molecule has 0 aliphatic rings. The van der Waals surface area contributed by atoms with Crippen molar-refractivity contribution in [3.63, 3.8) is 0 Å². The SMILES string of the molecule is C=CN(C)CC(O)CO. The summed E-state index contributed by atoms with van der Waals surface area (Å²) in [5.41, 5.74) is 0. The summed E-state index contributed by atoms with van der Waals surface area (Å²) in [4.78, 5) is 1.71. The Morgan fingerprint density at radius 3 is 2.67 bits per heavy atom. The first kappa shape index (κ1) is 8.46. The highest BCUT2D eigenvalue weighted by molar-refractivity contribution is 4.69. The van der Waals surface area contributed by atoms with Crippen LogP contribution in [-0.2, 0) is 0 Å². The third-order valence-electron chi connectivity index (χ3n) is 1.02. The molecule has 2 N–H and O–H groups in total. The van der Waals surface area contributed by atoms with Crippen molar-refractivity contribution in [1.29, 1.82) is 0 Å². The summed E-state index contributed by atoms with van der Waals surface area (Å²) < 4.78 is 0. The Morgan fingerprint density at radius 2 is 2.33 bits per heavy atom. The van der Waals surface area contributed by atoms with E-state index in [0.717, 1.165) is 0 Å². The second kappa shape index (κ2) is 4.35. The van der Waals surface area contributed by atoms with Crippen LogP contribution in [0.5, 0.6) is 0 Å². The van der Waals surface area contributed by atoms with Crippen LogP contribution < -0.4 is 0 Å². The van der Waals surface area contributed by atoms with Gasteiger partial charge in [-0.25, -0.2) is 0 Å². The predicted octanol–water partition coefficient (Wildman–Crippen LogP) is -0.585. The molecule has 3 nitrogen and oxygen atoms in total. The lowest BCUT2D eigenvalue weighted by Crippen LogP contribution is -2.27. The van der Waals surface area contributed by atoms with Gasteiger partial charge in [0.2, 0.25) is 0 Å². The molecule has 0 aliphatic carbocycles. The number of nitrogens with zero attached hydrogens (tertiary/aromatic N) is 1. The van der Waals surface area contributed by atoms with E-state index in [0.29, 0.717) is 6.54 Å². The molecule has 0 amide bonds. The van der Waals surface area contributed by atoms with Crippen molar-refractivity contribution in [3.05, 3.63) is 12.8 Å². The van der Waals surface area contributed by atoms with Gasteiger partial charge >= 0.3 is 0 Å². The maximum absolute atomic E-state index is 8.82. The average molecular weight is 131 g/mol. The van der Waals surface area contributed by atoms with Crippen LogP contribution in [0.2, 0.25) is 0 Å². The van der Waals surface area contributed by atoms with Crippen LogP contribution in [0.3, 0.4) is 0 Å². The summed E-state index contributed by atoms with van der Waals surface area (Å²) in [5, 5.41) is 17.2. The molecule has 0 aromatic rings. The number of likely N-dealkylation sites (N-methyl/N-ethyl adjacent to an activating group) is 1. The van der Waals surface area contributed by atoms with Crippen molar-refractivity contribution in [2.45, 2.75) is 6.10 Å². The van der Waals surface area contributed by atoms with Gasteiger partial charge in [0.15, 0.2) is 0 Å². The second-order valence-electron chi connectivity index (χ2n) is 1.96. The highest BCUT2D eigenvalue weighted by Crippen LogP contribution is 1.86. The first-order chi connectivity index (χ1) is 4.20. The van der Waals surface area contributed by atoms with E-state index in [1.807, 2.05) is 0 Å². The summed E-state index contributed by atoms with van der Waals surface area (Å²) in [6.45, 7) is 3.72. The molecule has 0 bridgehead atoms. The van der Waals surface area contributed by atoms with Crippen LogP contribution in [0, 0.1) is 0 Å². The monoisotopic (exact) mass is 131 g/mol. The van der Waals surface area contributed by atoms with Crippen LogP contribution in [0.25, 0.3) is 0 Å². The first-order valence-electron chi connectivity index (χ1n) is 2.82. The van der Waals surface area contributed by atoms with Gasteiger partial charge in [-0.15, -0.1) is 0 Å². The van der Waals surface area contributed by atoms with E-state index in [1.165, 1.54) is 0 Å². The fourth-order valence-electron chi connectivity index (χ4n) is 0.465. The van der Waals surface area contributed by atoms with Gasteiger partial charge in [0.05, 0.1) is 12.7 Å². The summed E-state index contributed by atoms with van der Waals surface area (Å²) in [7, 11) is 1.78. The summed E-state index contributed by atoms with van der Waals surface area (Å²) in [5.74, 6) is 0. The van der Waals surface area contributed by atoms with Gasteiger partial charge in [0, 0.05) is 13.6 Å². The van der Waals surface area contributed by atoms with Crippen molar-refractivity contribution < 1.29 is 10.2 Å². The number of hydrogen-bond donors (Lipinski definition) is 2. The quantitative estimate of drug-likeness (QED) is 0.536. The van der Waals surface area contributed by atoms with Crippen molar-refractivity contribution in [1.82, 2.24) is 4.90 Å². The third-order valence-corrected chi connectivity index (χ3v) is 1.02. The zero-order valence-corrected chi connectivity index (χ0v) is 5.62. The van der Waals surface area contributed by atoms with Gasteiger partial charge in [-0.3, -0.25) is 0 Å². The molecule has 0 saturated carbocycles. The zero-order valence-electron chi connectivity index (χ0n) is 5.62. The fraction of sp³-hybridized carbons (Fsp3) is 0.667. The van der Waals surface area contributed by atoms with E-state index in [1.54, 1.807) is 18.1 Å². The predicted molar refractivity (Wildman–Crippen MR) is 35.9 cm³/mol. The molecule has 0 heterocycles. The minimum Gasteiger partial charge on any atom is -0.394 e. The standard InChI is InChI=1S/C6H13NO2/c1-3-7(2)4-6(9)5-8/h3,6,8-9H,1,4-5H2,2H3. The average Bonchev–Trinajstić information content (AvgIpc) is 1.87. The number of aliphatic hydroxyl groups excluding tert-OH is 2. The minimum atomic E-state index is -0.659. The Bertz CT molecular complexity index is 85.1. The van der Waals surface area contributed by atoms with Gasteiger partial charge in [-0.1, -0.05) is 6.58 Å². The molecule has 0 rings (SSSR count). The molecule has 0 aliphatic heterocycles. The topological polar surface area (TPSA) is 43.7 Å². The Balaban J connectivity index is 3.33. The maximum atomic E-state index is 8.82. The van der Waals surface area contributed by atoms with Crippen molar-refractivity contribution in [2.75, 3.05) is 20.2 Å². The molecule has 1 atom stereocenters. The molecule has 0 fully saturated rings. The molecule has 9 heavy (non-hydrogen) atoms. The summed E-state index contributed by atoms with van der Waals surface area (Å²) >= 11 is 0. The van der Waals surface area contributed by atoms with Crippen molar-refractivity contribution in [2.24, 2.45) is 0 Å². The molecule has 0 radical (unpaired) electrons. The molecule has 54 valence electrons. The smallest absolute Gasteiger partial charge is 0.0944 e. The van der Waals surface area contributed by atoms with E-state index in [9.17, 15) is 0 Å². The fourth-order valence-corrected chi connectivity index (χ4v) is 0.465. The van der Waals surface area contributed by atoms with Crippen LogP contribution in [0.15, 0.2) is 12.8 Å². The van der Waals surface area contributed by atoms with E-state index >= 15 is 0 Å². The number of rotatable bonds is 4. The number of hydrogen-bond acceptors (Lipinski definition) is 3. The lowest BCUT2D eigenvalue weighted by atomic mass is 10.3. The van der Waals surface area contributed by atoms with Crippen molar-refractivity contribution in [3.8, 4) is 0 Å². The molecule has 0 spiro atoms. The summed E-state index contributed by atoms with van der Waals surface area (Å²) in [6.07, 6.45) is 0.937. The molecule has 3 heteroatoms. The Morgan fingerprint density at radius 1 is 1.78 bits per heavy atom. The zero-order chi connectivity index (χ0) is 7.28. The molecule has 0 aromatic carbocycles. The lowest BCUT2D eigenvalue weighted by Gasteiger charge is -2.15. The lowest BCUT2D eigenvalue weighted by molar-refractivity contribution is 0.0770. The molecule has 0 saturated heterocycles. The van der Waals surface area contributed by atoms with Gasteiger partial charge in [-0.2, -0.15) is 0 Å². The van der Waals surface area contributed by atoms with Crippen LogP contribution in [-0.4, -0.2) is 41.4 Å². The molecular formula is C6H13NO2. The Hall–Kier alpha value is -0.540. The summed E-state index contributed by atoms with van der Waals surface area (Å²) in [6, 6.07) is 0. The van der Waals surface area contributed by atoms with E-state index < -0.39 is 6.10 Å². The van der Waals surface area contributed by atoms with Crippen LogP contribution in [0.1, 0.15) is 0 Å². The van der Waals surface area contributed by atoms with E-state index in [4.69, 9.17) is 10.2 Å². The van der Waals surface area contributed by atoms with Crippen molar-refractivity contribution >= 4 is 0 Å². The third kappa shape index (κ3) is 4.00. The van der Waals surface area contributed by atoms with Crippen LogP contribution in [0.4, 0.5) is 0 Å². The van der Waals surface area contributed by atoms with E-state index in [2.05, 4.69) is 6.58 Å². The van der Waals surface area contributed by atoms with Gasteiger partial charge in [0.25, 0.3) is 0 Å². The van der Waals surface area contributed by atoms with Gasteiger partial charge < -0.3 is 15.1 Å². The molecular weight excluding hydrogens is 118 g/mol. The van der Waals surface area contributed by atoms with Crippen LogP contribution >= 0.6 is 0 Å². The highest BCUT2D eigenvalue weighted by Gasteiger charge is 2.01. The van der Waals surface area contributed by atoms with E-state index in [-0.39, 0.29) is 6.61 Å². The first-order valence-corrected chi connectivity index (χ1v) is 2.82. The number of aliphatic hydroxyl groups is 2. The van der Waals surface area contributed by atoms with Gasteiger partial charge in [0.1, 0.15) is 0 Å². The largest absolute Gasteiger partial charge is 0.394 e. The molecule has 1 unspecified atom stereocenters. The Kier molecular flexibility index (Phi) is 4.09. The van der Waals surface area contributed by atoms with Gasteiger partial charge in [-0.05, 0) is 6.20 Å². The molecule has 0 aromatic heterocycles. The second-order valence-corrected chi connectivity index (χ2v) is 1.96. The maximum Gasteiger partial charge on any atom is 0.0944 e. The minimum absolute atomic E-state index is 0.196.